The third kappa shape index (κ3) is 3.96. The smallest absolute Gasteiger partial charge is 0.435 e. The highest BCUT2D eigenvalue weighted by Gasteiger charge is 2.18. The minimum absolute atomic E-state index is 0.358. The van der Waals surface area contributed by atoms with Gasteiger partial charge in [0.15, 0.2) is 0 Å². The summed E-state index contributed by atoms with van der Waals surface area (Å²) < 4.78 is 11.4. The Hall–Kier alpha value is -1.46. The van der Waals surface area contributed by atoms with Gasteiger partial charge in [0.25, 0.3) is 0 Å². The van der Waals surface area contributed by atoms with Crippen molar-refractivity contribution in [2.24, 2.45) is 0 Å². The lowest BCUT2D eigenvalue weighted by Gasteiger charge is -2.18. The summed E-state index contributed by atoms with van der Waals surface area (Å²) in [5.74, 6) is 0.358. The molecule has 86 valence electrons. The molecule has 0 aliphatic heterocycles. The van der Waals surface area contributed by atoms with Crippen LogP contribution in [0.25, 0.3) is 0 Å². The second-order valence-electron chi connectivity index (χ2n) is 4.22. The van der Waals surface area contributed by atoms with Crippen LogP contribution in [0.4, 0.5) is 4.79 Å². The zero-order chi connectivity index (χ0) is 12.2. The van der Waals surface area contributed by atoms with Crippen molar-refractivity contribution >= 4 is 13.9 Å². The minimum Gasteiger partial charge on any atom is -0.477 e. The quantitative estimate of drug-likeness (QED) is 0.729. The average molecular weight is 222 g/mol. The van der Waals surface area contributed by atoms with E-state index in [1.54, 1.807) is 26.8 Å². The number of nitrogens with zero attached hydrogens (tertiary/aromatic N) is 2. The molecule has 0 amide bonds. The highest BCUT2D eigenvalue weighted by molar-refractivity contribution is 6.08. The van der Waals surface area contributed by atoms with Crippen molar-refractivity contribution in [1.29, 1.82) is 0 Å². The van der Waals surface area contributed by atoms with Gasteiger partial charge in [-0.15, -0.1) is 5.10 Å². The largest absolute Gasteiger partial charge is 0.477 e. The molecular weight excluding hydrogens is 207 g/mol. The van der Waals surface area contributed by atoms with Gasteiger partial charge in [-0.25, -0.2) is 4.79 Å². The first kappa shape index (κ1) is 12.6. The zero-order valence-electron chi connectivity index (χ0n) is 9.77. The Morgan fingerprint density at radius 1 is 1.56 bits per heavy atom. The SMILES string of the molecule is [B]CCOc1ccn(C(=O)OC(C)(C)C)n1. The van der Waals surface area contributed by atoms with Crippen molar-refractivity contribution in [2.45, 2.75) is 32.7 Å². The van der Waals surface area contributed by atoms with Gasteiger partial charge in [0.1, 0.15) is 5.60 Å². The fourth-order valence-electron chi connectivity index (χ4n) is 0.958. The lowest BCUT2D eigenvalue weighted by Crippen LogP contribution is -2.27. The molecule has 0 saturated carbocycles. The monoisotopic (exact) mass is 222 g/mol. The first-order valence-electron chi connectivity index (χ1n) is 5.04. The Bertz CT molecular complexity index is 357. The number of rotatable bonds is 3. The number of carbonyl (C=O) groups is 1. The van der Waals surface area contributed by atoms with E-state index in [2.05, 4.69) is 5.10 Å². The van der Waals surface area contributed by atoms with Gasteiger partial charge >= 0.3 is 6.09 Å². The molecule has 1 aromatic rings. The normalized spacial score (nSPS) is 11.2. The van der Waals surface area contributed by atoms with Crippen LogP contribution in [-0.4, -0.2) is 35.9 Å². The summed E-state index contributed by atoms with van der Waals surface area (Å²) in [4.78, 5) is 11.5. The average Bonchev–Trinajstić information content (AvgIpc) is 2.60. The third-order valence-corrected chi connectivity index (χ3v) is 1.51. The fourth-order valence-corrected chi connectivity index (χ4v) is 0.958. The molecule has 0 aromatic carbocycles. The van der Waals surface area contributed by atoms with E-state index in [9.17, 15) is 4.79 Å². The van der Waals surface area contributed by atoms with E-state index < -0.39 is 11.7 Å². The van der Waals surface area contributed by atoms with Crippen molar-refractivity contribution in [3.8, 4) is 5.88 Å². The molecule has 5 nitrogen and oxygen atoms in total. The Labute approximate surface area is 96.1 Å². The first-order chi connectivity index (χ1) is 7.42. The van der Waals surface area contributed by atoms with Gasteiger partial charge in [-0.2, -0.15) is 4.68 Å². The zero-order valence-corrected chi connectivity index (χ0v) is 9.77. The predicted octanol–water partition coefficient (Wildman–Crippen LogP) is 1.63. The number of hydrogen-bond donors (Lipinski definition) is 0. The number of hydrogen-bond acceptors (Lipinski definition) is 4. The maximum Gasteiger partial charge on any atom is 0.435 e. The summed E-state index contributed by atoms with van der Waals surface area (Å²) in [6.07, 6.45) is 1.36. The second-order valence-corrected chi connectivity index (χ2v) is 4.22. The molecule has 16 heavy (non-hydrogen) atoms. The van der Waals surface area contributed by atoms with Crippen LogP contribution in [0.2, 0.25) is 6.32 Å². The van der Waals surface area contributed by atoms with Crippen LogP contribution in [0.3, 0.4) is 0 Å². The molecule has 0 aliphatic carbocycles. The van der Waals surface area contributed by atoms with Crippen molar-refractivity contribution in [3.63, 3.8) is 0 Å². The van der Waals surface area contributed by atoms with Gasteiger partial charge < -0.3 is 9.47 Å². The molecule has 1 aromatic heterocycles. The number of ether oxygens (including phenoxy) is 2. The van der Waals surface area contributed by atoms with E-state index in [0.717, 1.165) is 4.68 Å². The van der Waals surface area contributed by atoms with Gasteiger partial charge in [0, 0.05) is 12.3 Å². The summed E-state index contributed by atoms with van der Waals surface area (Å²) in [5, 5.41) is 3.90. The van der Waals surface area contributed by atoms with E-state index in [1.165, 1.54) is 6.20 Å². The van der Waals surface area contributed by atoms with Crippen molar-refractivity contribution < 1.29 is 14.3 Å². The number of aromatic nitrogens is 2. The number of carbonyl (C=O) groups excluding carboxylic acids is 1. The maximum absolute atomic E-state index is 11.5. The molecule has 1 rings (SSSR count). The van der Waals surface area contributed by atoms with Gasteiger partial charge in [-0.3, -0.25) is 0 Å². The van der Waals surface area contributed by atoms with Crippen LogP contribution >= 0.6 is 0 Å². The van der Waals surface area contributed by atoms with Crippen molar-refractivity contribution in [2.75, 3.05) is 6.61 Å². The first-order valence-corrected chi connectivity index (χ1v) is 5.04. The van der Waals surface area contributed by atoms with Crippen LogP contribution in [-0.2, 0) is 4.74 Å². The van der Waals surface area contributed by atoms with E-state index in [4.69, 9.17) is 17.3 Å². The molecule has 0 atom stereocenters. The molecule has 0 aliphatic rings. The standard InChI is InChI=1S/C10H15BN2O3/c1-10(2,3)16-9(14)13-6-4-8(12-13)15-7-5-11/h4,6H,5,7H2,1-3H3. The Kier molecular flexibility index (Phi) is 3.98. The molecule has 2 radical (unpaired) electrons. The molecular formula is C10H15BN2O3. The highest BCUT2D eigenvalue weighted by atomic mass is 16.6. The lowest BCUT2D eigenvalue weighted by molar-refractivity contribution is 0.0512. The minimum atomic E-state index is -0.540. The predicted molar refractivity (Wildman–Crippen MR) is 59.9 cm³/mol. The van der Waals surface area contributed by atoms with Crippen molar-refractivity contribution in [1.82, 2.24) is 9.78 Å². The van der Waals surface area contributed by atoms with Gasteiger partial charge in [-0.1, -0.05) is 6.32 Å². The van der Waals surface area contributed by atoms with Gasteiger partial charge in [-0.05, 0) is 20.8 Å². The van der Waals surface area contributed by atoms with Crippen LogP contribution in [0, 0.1) is 0 Å². The summed E-state index contributed by atoms with van der Waals surface area (Å²) >= 11 is 0. The van der Waals surface area contributed by atoms with Crippen LogP contribution < -0.4 is 4.74 Å². The van der Waals surface area contributed by atoms with E-state index >= 15 is 0 Å². The second kappa shape index (κ2) is 5.05. The molecule has 0 unspecified atom stereocenters. The van der Waals surface area contributed by atoms with E-state index in [0.29, 0.717) is 18.8 Å². The molecule has 0 saturated heterocycles. The van der Waals surface area contributed by atoms with Gasteiger partial charge in [0.05, 0.1) is 14.5 Å². The molecule has 1 heterocycles. The van der Waals surface area contributed by atoms with E-state index in [-0.39, 0.29) is 0 Å². The van der Waals surface area contributed by atoms with Gasteiger partial charge in [0.2, 0.25) is 5.88 Å². The Balaban J connectivity index is 2.60. The molecule has 0 fully saturated rings. The van der Waals surface area contributed by atoms with Crippen molar-refractivity contribution in [3.05, 3.63) is 12.3 Å². The van der Waals surface area contributed by atoms with Crippen LogP contribution in [0.1, 0.15) is 20.8 Å². The summed E-state index contributed by atoms with van der Waals surface area (Å²) in [6, 6.07) is 1.58. The molecule has 0 bridgehead atoms. The highest BCUT2D eigenvalue weighted by Crippen LogP contribution is 2.11. The summed E-state index contributed by atoms with van der Waals surface area (Å²) in [6.45, 7) is 5.74. The topological polar surface area (TPSA) is 53.4 Å². The summed E-state index contributed by atoms with van der Waals surface area (Å²) in [5.41, 5.74) is -0.540. The Morgan fingerprint density at radius 2 is 2.25 bits per heavy atom. The third-order valence-electron chi connectivity index (χ3n) is 1.51. The fraction of sp³-hybridized carbons (Fsp3) is 0.600. The Morgan fingerprint density at radius 3 is 2.81 bits per heavy atom. The lowest BCUT2D eigenvalue weighted by atomic mass is 10.1. The molecule has 6 heteroatoms. The molecule has 0 N–H and O–H groups in total. The summed E-state index contributed by atoms with van der Waals surface area (Å²) in [7, 11) is 5.28. The van der Waals surface area contributed by atoms with Crippen LogP contribution in [0.5, 0.6) is 5.88 Å². The van der Waals surface area contributed by atoms with E-state index in [1.807, 2.05) is 0 Å². The maximum atomic E-state index is 11.5. The van der Waals surface area contributed by atoms with Crippen LogP contribution in [0.15, 0.2) is 12.3 Å². The molecule has 0 spiro atoms.